The molecule has 4 rings (SSSR count). The summed E-state index contributed by atoms with van der Waals surface area (Å²) in [5.41, 5.74) is 2.85. The Morgan fingerprint density at radius 3 is 2.29 bits per heavy atom. The number of rotatable bonds is 6. The van der Waals surface area contributed by atoms with Crippen LogP contribution in [-0.4, -0.2) is 32.0 Å². The summed E-state index contributed by atoms with van der Waals surface area (Å²) < 4.78 is 1.92. The lowest BCUT2D eigenvalue weighted by Gasteiger charge is -2.09. The first-order valence-corrected chi connectivity index (χ1v) is 9.03. The third-order valence-electron chi connectivity index (χ3n) is 4.37. The minimum absolute atomic E-state index is 0.0998. The molecule has 0 atom stereocenters. The van der Waals surface area contributed by atoms with Gasteiger partial charge in [0.25, 0.3) is 5.91 Å². The normalized spacial score (nSPS) is 10.6. The van der Waals surface area contributed by atoms with Crippen LogP contribution in [0.15, 0.2) is 85.5 Å². The molecule has 0 saturated heterocycles. The van der Waals surface area contributed by atoms with Crippen molar-refractivity contribution in [1.82, 2.24) is 24.8 Å². The largest absolute Gasteiger partial charge is 0.350 e. The maximum atomic E-state index is 12.4. The number of amides is 1. The van der Waals surface area contributed by atoms with Gasteiger partial charge >= 0.3 is 0 Å². The molecular formula is C22H19N5O. The van der Waals surface area contributed by atoms with Crippen LogP contribution in [0.25, 0.3) is 22.8 Å². The summed E-state index contributed by atoms with van der Waals surface area (Å²) in [6.45, 7) is 1.07. The predicted octanol–water partition coefficient (Wildman–Crippen LogP) is 3.44. The van der Waals surface area contributed by atoms with E-state index in [0.29, 0.717) is 30.3 Å². The maximum absolute atomic E-state index is 12.4. The zero-order valence-electron chi connectivity index (χ0n) is 15.2. The zero-order valence-corrected chi connectivity index (χ0v) is 15.2. The highest BCUT2D eigenvalue weighted by Gasteiger charge is 2.09. The summed E-state index contributed by atoms with van der Waals surface area (Å²) in [4.78, 5) is 25.2. The average molecular weight is 369 g/mol. The van der Waals surface area contributed by atoms with Gasteiger partial charge in [-0.1, -0.05) is 42.5 Å². The van der Waals surface area contributed by atoms with Gasteiger partial charge in [0, 0.05) is 43.4 Å². The van der Waals surface area contributed by atoms with Crippen LogP contribution in [0.5, 0.6) is 0 Å². The first-order valence-electron chi connectivity index (χ1n) is 9.03. The van der Waals surface area contributed by atoms with Crippen molar-refractivity contribution in [1.29, 1.82) is 0 Å². The van der Waals surface area contributed by atoms with E-state index in [1.54, 1.807) is 24.7 Å². The Morgan fingerprint density at radius 1 is 0.821 bits per heavy atom. The Morgan fingerprint density at radius 2 is 1.54 bits per heavy atom. The third-order valence-corrected chi connectivity index (χ3v) is 4.37. The number of carbonyl (C=O) groups excluding carboxylic acids is 1. The Labute approximate surface area is 162 Å². The Hall–Kier alpha value is -3.80. The minimum atomic E-state index is -0.0998. The molecule has 0 spiro atoms. The number of imidazole rings is 1. The maximum Gasteiger partial charge on any atom is 0.251 e. The highest BCUT2D eigenvalue weighted by Crippen LogP contribution is 2.19. The van der Waals surface area contributed by atoms with Gasteiger partial charge in [-0.05, 0) is 29.3 Å². The van der Waals surface area contributed by atoms with Crippen LogP contribution < -0.4 is 5.32 Å². The van der Waals surface area contributed by atoms with Gasteiger partial charge in [0.15, 0.2) is 11.6 Å². The molecule has 0 fully saturated rings. The molecule has 4 aromatic rings. The predicted molar refractivity (Wildman–Crippen MR) is 107 cm³/mol. The van der Waals surface area contributed by atoms with E-state index in [1.807, 2.05) is 65.4 Å². The Kier molecular flexibility index (Phi) is 5.20. The third kappa shape index (κ3) is 3.96. The zero-order chi connectivity index (χ0) is 19.2. The highest BCUT2D eigenvalue weighted by atomic mass is 16.1. The van der Waals surface area contributed by atoms with Crippen LogP contribution in [0.4, 0.5) is 0 Å². The molecule has 1 amide bonds. The van der Waals surface area contributed by atoms with Crippen molar-refractivity contribution in [2.45, 2.75) is 6.54 Å². The molecule has 0 unspecified atom stereocenters. The summed E-state index contributed by atoms with van der Waals surface area (Å²) in [6.07, 6.45) is 6.92. The molecule has 0 aliphatic heterocycles. The minimum Gasteiger partial charge on any atom is -0.350 e. The van der Waals surface area contributed by atoms with Crippen LogP contribution in [-0.2, 0) is 6.54 Å². The van der Waals surface area contributed by atoms with Gasteiger partial charge in [-0.25, -0.2) is 15.0 Å². The van der Waals surface area contributed by atoms with Gasteiger partial charge < -0.3 is 9.88 Å². The van der Waals surface area contributed by atoms with Crippen LogP contribution in [0.1, 0.15) is 10.4 Å². The molecule has 6 heteroatoms. The van der Waals surface area contributed by atoms with E-state index in [4.69, 9.17) is 0 Å². The second-order valence-electron chi connectivity index (χ2n) is 6.22. The summed E-state index contributed by atoms with van der Waals surface area (Å²) >= 11 is 0. The molecule has 2 aromatic heterocycles. The number of hydrogen-bond acceptors (Lipinski definition) is 4. The molecule has 0 aliphatic carbocycles. The van der Waals surface area contributed by atoms with Crippen molar-refractivity contribution in [3.8, 4) is 22.8 Å². The fraction of sp³-hybridized carbons (Fsp3) is 0.0909. The molecule has 2 aromatic carbocycles. The highest BCUT2D eigenvalue weighted by molar-refractivity contribution is 5.94. The van der Waals surface area contributed by atoms with E-state index < -0.39 is 0 Å². The molecule has 6 nitrogen and oxygen atoms in total. The van der Waals surface area contributed by atoms with Gasteiger partial charge in [0.05, 0.1) is 0 Å². The van der Waals surface area contributed by atoms with E-state index >= 15 is 0 Å². The molecule has 2 heterocycles. The van der Waals surface area contributed by atoms with E-state index in [2.05, 4.69) is 20.3 Å². The van der Waals surface area contributed by atoms with Crippen molar-refractivity contribution in [2.75, 3.05) is 6.54 Å². The second-order valence-corrected chi connectivity index (χ2v) is 6.22. The molecule has 0 saturated carbocycles. The average Bonchev–Trinajstić information content (AvgIpc) is 3.23. The number of nitrogens with zero attached hydrogens (tertiary/aromatic N) is 4. The fourth-order valence-corrected chi connectivity index (χ4v) is 2.95. The fourth-order valence-electron chi connectivity index (χ4n) is 2.95. The number of nitrogens with one attached hydrogen (secondary N) is 1. The molecule has 138 valence electrons. The van der Waals surface area contributed by atoms with E-state index in [9.17, 15) is 4.79 Å². The molecule has 0 bridgehead atoms. The molecule has 28 heavy (non-hydrogen) atoms. The summed E-state index contributed by atoms with van der Waals surface area (Å²) in [5.74, 6) is 1.15. The molecular weight excluding hydrogens is 350 g/mol. The van der Waals surface area contributed by atoms with E-state index in [-0.39, 0.29) is 5.91 Å². The van der Waals surface area contributed by atoms with Crippen LogP contribution in [0.2, 0.25) is 0 Å². The van der Waals surface area contributed by atoms with E-state index in [1.165, 1.54) is 0 Å². The van der Waals surface area contributed by atoms with Gasteiger partial charge in [-0.15, -0.1) is 0 Å². The lowest BCUT2D eigenvalue weighted by molar-refractivity contribution is 0.0952. The summed E-state index contributed by atoms with van der Waals surface area (Å²) in [7, 11) is 0. The SMILES string of the molecule is O=C(NCCn1ccnc1-c1ncccn1)c1ccc(-c2ccccc2)cc1. The molecule has 0 radical (unpaired) electrons. The Bertz CT molecular complexity index is 1040. The lowest BCUT2D eigenvalue weighted by atomic mass is 10.0. The standard InChI is InChI=1S/C22H19N5O/c28-22(19-9-7-18(8-10-19)17-5-2-1-3-6-17)26-14-16-27-15-13-25-21(27)20-23-11-4-12-24-20/h1-13,15H,14,16H2,(H,26,28). The van der Waals surface area contributed by atoms with Crippen LogP contribution in [0.3, 0.4) is 0 Å². The number of benzene rings is 2. The van der Waals surface area contributed by atoms with Gasteiger partial charge in [-0.3, -0.25) is 4.79 Å². The summed E-state index contributed by atoms with van der Waals surface area (Å²) in [6, 6.07) is 19.5. The van der Waals surface area contributed by atoms with Crippen molar-refractivity contribution in [2.24, 2.45) is 0 Å². The lowest BCUT2D eigenvalue weighted by Crippen LogP contribution is -2.27. The quantitative estimate of drug-likeness (QED) is 0.565. The van der Waals surface area contributed by atoms with Gasteiger partial charge in [0.2, 0.25) is 0 Å². The summed E-state index contributed by atoms with van der Waals surface area (Å²) in [5, 5.41) is 2.95. The monoisotopic (exact) mass is 369 g/mol. The van der Waals surface area contributed by atoms with E-state index in [0.717, 1.165) is 11.1 Å². The van der Waals surface area contributed by atoms with Crippen molar-refractivity contribution >= 4 is 5.91 Å². The van der Waals surface area contributed by atoms with Crippen molar-refractivity contribution in [3.63, 3.8) is 0 Å². The first-order chi connectivity index (χ1) is 13.8. The first kappa shape index (κ1) is 17.6. The molecule has 0 aliphatic rings. The van der Waals surface area contributed by atoms with Crippen molar-refractivity contribution in [3.05, 3.63) is 91.0 Å². The number of aromatic nitrogens is 4. The number of carbonyl (C=O) groups is 1. The second kappa shape index (κ2) is 8.26. The topological polar surface area (TPSA) is 72.7 Å². The van der Waals surface area contributed by atoms with Gasteiger partial charge in [0.1, 0.15) is 0 Å². The van der Waals surface area contributed by atoms with Crippen molar-refractivity contribution < 1.29 is 4.79 Å². The Balaban J connectivity index is 1.36. The van der Waals surface area contributed by atoms with Gasteiger partial charge in [-0.2, -0.15) is 0 Å². The number of hydrogen-bond donors (Lipinski definition) is 1. The molecule has 1 N–H and O–H groups in total. The smallest absolute Gasteiger partial charge is 0.251 e. The van der Waals surface area contributed by atoms with Crippen LogP contribution >= 0.6 is 0 Å². The van der Waals surface area contributed by atoms with Crippen LogP contribution in [0, 0.1) is 0 Å².